The van der Waals surface area contributed by atoms with Crippen molar-refractivity contribution < 1.29 is 23.8 Å². The number of thioether (sulfide) groups is 1. The molecule has 2 aliphatic rings. The Kier molecular flexibility index (Phi) is 8.16. The minimum absolute atomic E-state index is 0.0406. The quantitative estimate of drug-likeness (QED) is 0.327. The Morgan fingerprint density at radius 3 is 2.73 bits per heavy atom. The van der Waals surface area contributed by atoms with Crippen LogP contribution in [0.15, 0.2) is 23.1 Å². The van der Waals surface area contributed by atoms with Gasteiger partial charge >= 0.3 is 5.97 Å². The van der Waals surface area contributed by atoms with Crippen LogP contribution in [-0.4, -0.2) is 47.5 Å². The third-order valence-electron chi connectivity index (χ3n) is 4.96. The van der Waals surface area contributed by atoms with Crippen molar-refractivity contribution in [2.45, 2.75) is 51.6 Å². The predicted octanol–water partition coefficient (Wildman–Crippen LogP) is 4.56. The van der Waals surface area contributed by atoms with E-state index in [0.717, 1.165) is 37.7 Å². The molecule has 0 radical (unpaired) electrons. The summed E-state index contributed by atoms with van der Waals surface area (Å²) in [4.78, 5) is 26.9. The monoisotopic (exact) mass is 449 g/mol. The van der Waals surface area contributed by atoms with Crippen LogP contribution in [0.4, 0.5) is 0 Å². The van der Waals surface area contributed by atoms with Crippen molar-refractivity contribution in [3.8, 4) is 11.5 Å². The zero-order valence-corrected chi connectivity index (χ0v) is 19.0. The third kappa shape index (κ3) is 5.76. The van der Waals surface area contributed by atoms with Crippen LogP contribution >= 0.6 is 24.0 Å². The fourth-order valence-electron chi connectivity index (χ4n) is 3.43. The molecule has 162 valence electrons. The molecule has 2 fully saturated rings. The molecule has 1 aromatic carbocycles. The van der Waals surface area contributed by atoms with Gasteiger partial charge < -0.3 is 14.2 Å². The van der Waals surface area contributed by atoms with Gasteiger partial charge in [0.05, 0.1) is 18.6 Å². The predicted molar refractivity (Wildman–Crippen MR) is 122 cm³/mol. The highest BCUT2D eigenvalue weighted by Gasteiger charge is 2.34. The van der Waals surface area contributed by atoms with Crippen LogP contribution in [0.1, 0.15) is 51.0 Å². The van der Waals surface area contributed by atoms with Gasteiger partial charge in [-0.25, -0.2) is 0 Å². The standard InChI is InChI=1S/C22H27NO5S2/c1-3-11-27-17-10-9-15(12-18(17)26-2)13-19-21(25)23(22(29)30-19)14-20(24)28-16-7-5-4-6-8-16/h9-10,12-13,16H,3-8,11,14H2,1-2H3/b19-13-. The molecule has 1 saturated heterocycles. The minimum Gasteiger partial charge on any atom is -0.493 e. The third-order valence-corrected chi connectivity index (χ3v) is 6.34. The van der Waals surface area contributed by atoms with Gasteiger partial charge in [-0.1, -0.05) is 43.4 Å². The summed E-state index contributed by atoms with van der Waals surface area (Å²) in [5.41, 5.74) is 0.793. The highest BCUT2D eigenvalue weighted by molar-refractivity contribution is 8.26. The van der Waals surface area contributed by atoms with E-state index in [9.17, 15) is 9.59 Å². The zero-order chi connectivity index (χ0) is 21.5. The number of benzene rings is 1. The average molecular weight is 450 g/mol. The van der Waals surface area contributed by atoms with E-state index in [-0.39, 0.29) is 18.6 Å². The van der Waals surface area contributed by atoms with Crippen molar-refractivity contribution in [3.05, 3.63) is 28.7 Å². The van der Waals surface area contributed by atoms with Gasteiger partial charge in [0.2, 0.25) is 0 Å². The Bertz CT molecular complexity index is 833. The molecule has 0 N–H and O–H groups in total. The van der Waals surface area contributed by atoms with Crippen molar-refractivity contribution in [2.75, 3.05) is 20.3 Å². The van der Waals surface area contributed by atoms with Crippen LogP contribution in [0.5, 0.6) is 11.5 Å². The number of amides is 1. The van der Waals surface area contributed by atoms with Gasteiger partial charge in [0.1, 0.15) is 17.0 Å². The number of nitrogens with zero attached hydrogens (tertiary/aromatic N) is 1. The van der Waals surface area contributed by atoms with Crippen LogP contribution in [0, 0.1) is 0 Å². The molecule has 3 rings (SSSR count). The summed E-state index contributed by atoms with van der Waals surface area (Å²) in [6, 6.07) is 5.49. The smallest absolute Gasteiger partial charge is 0.326 e. The van der Waals surface area contributed by atoms with Gasteiger partial charge in [0.25, 0.3) is 5.91 Å². The Labute approximate surface area is 186 Å². The SMILES string of the molecule is CCCOc1ccc(/C=C2\SC(=S)N(CC(=O)OC3CCCCC3)C2=O)cc1OC. The summed E-state index contributed by atoms with van der Waals surface area (Å²) in [6.07, 6.45) is 7.73. The average Bonchev–Trinajstić information content (AvgIpc) is 3.00. The number of ether oxygens (including phenoxy) is 3. The summed E-state index contributed by atoms with van der Waals surface area (Å²) < 4.78 is 17.0. The van der Waals surface area contributed by atoms with Gasteiger partial charge in [-0.15, -0.1) is 0 Å². The van der Waals surface area contributed by atoms with Crippen LogP contribution in [0.2, 0.25) is 0 Å². The first-order valence-corrected chi connectivity index (χ1v) is 11.5. The second-order valence-corrected chi connectivity index (χ2v) is 8.95. The Morgan fingerprint density at radius 2 is 2.03 bits per heavy atom. The number of rotatable bonds is 8. The van der Waals surface area contributed by atoms with Crippen molar-refractivity contribution in [1.29, 1.82) is 0 Å². The first kappa shape index (κ1) is 22.6. The molecular weight excluding hydrogens is 422 g/mol. The van der Waals surface area contributed by atoms with E-state index >= 15 is 0 Å². The van der Waals surface area contributed by atoms with Crippen molar-refractivity contribution in [1.82, 2.24) is 4.90 Å². The zero-order valence-electron chi connectivity index (χ0n) is 17.3. The summed E-state index contributed by atoms with van der Waals surface area (Å²) in [5, 5.41) is 0. The van der Waals surface area contributed by atoms with Crippen molar-refractivity contribution in [3.63, 3.8) is 0 Å². The molecule has 1 aliphatic carbocycles. The maximum absolute atomic E-state index is 12.8. The lowest BCUT2D eigenvalue weighted by molar-refractivity contribution is -0.152. The molecule has 30 heavy (non-hydrogen) atoms. The second-order valence-electron chi connectivity index (χ2n) is 7.28. The molecule has 0 bridgehead atoms. The Morgan fingerprint density at radius 1 is 1.27 bits per heavy atom. The largest absolute Gasteiger partial charge is 0.493 e. The molecule has 0 spiro atoms. The summed E-state index contributed by atoms with van der Waals surface area (Å²) in [7, 11) is 1.58. The van der Waals surface area contributed by atoms with Crippen LogP contribution in [-0.2, 0) is 14.3 Å². The molecule has 1 amide bonds. The number of hydrogen-bond donors (Lipinski definition) is 0. The molecule has 1 aliphatic heterocycles. The first-order chi connectivity index (χ1) is 14.5. The number of esters is 1. The fraction of sp³-hybridized carbons (Fsp3) is 0.500. The fourth-order valence-corrected chi connectivity index (χ4v) is 4.68. The van der Waals surface area contributed by atoms with E-state index in [1.54, 1.807) is 13.2 Å². The molecule has 8 heteroatoms. The lowest BCUT2D eigenvalue weighted by Crippen LogP contribution is -2.36. The summed E-state index contributed by atoms with van der Waals surface area (Å²) in [6.45, 7) is 2.49. The molecule has 6 nitrogen and oxygen atoms in total. The minimum atomic E-state index is -0.404. The van der Waals surface area contributed by atoms with Gasteiger partial charge in [-0.2, -0.15) is 0 Å². The Balaban J connectivity index is 1.66. The number of methoxy groups -OCH3 is 1. The second kappa shape index (κ2) is 10.8. The molecule has 1 aromatic rings. The number of carbonyl (C=O) groups is 2. The molecule has 0 aromatic heterocycles. The lowest BCUT2D eigenvalue weighted by atomic mass is 9.98. The van der Waals surface area contributed by atoms with Crippen LogP contribution in [0.3, 0.4) is 0 Å². The van der Waals surface area contributed by atoms with Gasteiger partial charge in [-0.05, 0) is 55.9 Å². The molecule has 1 heterocycles. The normalized spacial score (nSPS) is 18.7. The number of hydrogen-bond acceptors (Lipinski definition) is 7. The number of carbonyl (C=O) groups excluding carboxylic acids is 2. The molecule has 0 atom stereocenters. The van der Waals surface area contributed by atoms with E-state index in [2.05, 4.69) is 0 Å². The number of thiocarbonyl (C=S) groups is 1. The lowest BCUT2D eigenvalue weighted by Gasteiger charge is -2.23. The highest BCUT2D eigenvalue weighted by atomic mass is 32.2. The van der Waals surface area contributed by atoms with Crippen molar-refractivity contribution >= 4 is 46.3 Å². The maximum Gasteiger partial charge on any atom is 0.326 e. The molecule has 1 saturated carbocycles. The molecule has 0 unspecified atom stereocenters. The summed E-state index contributed by atoms with van der Waals surface area (Å²) >= 11 is 6.51. The van der Waals surface area contributed by atoms with E-state index < -0.39 is 5.97 Å². The van der Waals surface area contributed by atoms with Crippen LogP contribution in [0.25, 0.3) is 6.08 Å². The van der Waals surface area contributed by atoms with E-state index in [1.165, 1.54) is 23.1 Å². The van der Waals surface area contributed by atoms with Crippen LogP contribution < -0.4 is 9.47 Å². The first-order valence-electron chi connectivity index (χ1n) is 10.3. The van der Waals surface area contributed by atoms with Crippen molar-refractivity contribution in [2.24, 2.45) is 0 Å². The van der Waals surface area contributed by atoms with E-state index in [1.807, 2.05) is 25.1 Å². The topological polar surface area (TPSA) is 65.1 Å². The van der Waals surface area contributed by atoms with Gasteiger partial charge in [0.15, 0.2) is 11.5 Å². The van der Waals surface area contributed by atoms with Gasteiger partial charge in [-0.3, -0.25) is 14.5 Å². The van der Waals surface area contributed by atoms with E-state index in [4.69, 9.17) is 26.4 Å². The van der Waals surface area contributed by atoms with E-state index in [0.29, 0.717) is 27.3 Å². The summed E-state index contributed by atoms with van der Waals surface area (Å²) in [5.74, 6) is 0.577. The maximum atomic E-state index is 12.8. The highest BCUT2D eigenvalue weighted by Crippen LogP contribution is 2.35. The molecular formula is C22H27NO5S2. The Hall–Kier alpha value is -2.06. The van der Waals surface area contributed by atoms with Gasteiger partial charge in [0, 0.05) is 0 Å².